The molecule has 0 saturated heterocycles. The van der Waals surface area contributed by atoms with Gasteiger partial charge < -0.3 is 11.1 Å². The van der Waals surface area contributed by atoms with Gasteiger partial charge in [-0.1, -0.05) is 18.6 Å². The van der Waals surface area contributed by atoms with Crippen molar-refractivity contribution in [1.82, 2.24) is 25.9 Å². The van der Waals surface area contributed by atoms with Crippen LogP contribution in [0.3, 0.4) is 0 Å². The third kappa shape index (κ3) is 4.79. The first-order chi connectivity index (χ1) is 8.50. The Balaban J connectivity index is 2.31. The lowest BCUT2D eigenvalue weighted by Gasteiger charge is -2.15. The number of hydrogen-bond acceptors (Lipinski definition) is 5. The molecular weight excluding hydrogens is 232 g/mol. The predicted molar refractivity (Wildman–Crippen MR) is 67.4 cm³/mol. The highest BCUT2D eigenvalue weighted by Gasteiger charge is 2.18. The minimum atomic E-state index is -0.230. The molecule has 1 aromatic heterocycles. The molecule has 1 rings (SSSR count). The molecule has 7 nitrogen and oxygen atoms in total. The first-order valence-corrected chi connectivity index (χ1v) is 6.30. The molecule has 3 unspecified atom stereocenters. The van der Waals surface area contributed by atoms with E-state index in [4.69, 9.17) is 5.73 Å². The van der Waals surface area contributed by atoms with E-state index in [0.717, 1.165) is 19.3 Å². The van der Waals surface area contributed by atoms with Crippen LogP contribution >= 0.6 is 0 Å². The molecule has 0 aromatic carbocycles. The van der Waals surface area contributed by atoms with Crippen molar-refractivity contribution < 1.29 is 4.79 Å². The Kier molecular flexibility index (Phi) is 5.70. The fourth-order valence-electron chi connectivity index (χ4n) is 1.65. The van der Waals surface area contributed by atoms with Crippen LogP contribution in [0.25, 0.3) is 0 Å². The molecule has 18 heavy (non-hydrogen) atoms. The van der Waals surface area contributed by atoms with Crippen molar-refractivity contribution in [3.63, 3.8) is 0 Å². The molecule has 1 heterocycles. The van der Waals surface area contributed by atoms with Gasteiger partial charge in [0.1, 0.15) is 0 Å². The zero-order valence-corrected chi connectivity index (χ0v) is 11.2. The van der Waals surface area contributed by atoms with Crippen molar-refractivity contribution in [1.29, 1.82) is 0 Å². The molecule has 1 aromatic rings. The van der Waals surface area contributed by atoms with E-state index in [1.807, 2.05) is 20.8 Å². The minimum Gasteiger partial charge on any atom is -0.346 e. The summed E-state index contributed by atoms with van der Waals surface area (Å²) in [6, 6.07) is -0.0364. The summed E-state index contributed by atoms with van der Waals surface area (Å²) in [7, 11) is 0. The molecule has 0 aliphatic rings. The van der Waals surface area contributed by atoms with Crippen LogP contribution in [0.1, 0.15) is 51.9 Å². The van der Waals surface area contributed by atoms with Crippen LogP contribution < -0.4 is 11.1 Å². The molecule has 0 radical (unpaired) electrons. The van der Waals surface area contributed by atoms with Gasteiger partial charge in [0.2, 0.25) is 5.91 Å². The van der Waals surface area contributed by atoms with Gasteiger partial charge in [0, 0.05) is 12.0 Å². The quantitative estimate of drug-likeness (QED) is 0.657. The number of aromatic nitrogens is 4. The summed E-state index contributed by atoms with van der Waals surface area (Å²) in [6.07, 6.45) is 2.74. The summed E-state index contributed by atoms with van der Waals surface area (Å²) in [6.45, 7) is 5.72. The molecule has 7 heteroatoms. The smallest absolute Gasteiger partial charge is 0.223 e. The van der Waals surface area contributed by atoms with Crippen LogP contribution in [0.5, 0.6) is 0 Å². The number of amides is 1. The van der Waals surface area contributed by atoms with E-state index in [1.165, 1.54) is 0 Å². The largest absolute Gasteiger partial charge is 0.346 e. The lowest BCUT2D eigenvalue weighted by Crippen LogP contribution is -2.32. The summed E-state index contributed by atoms with van der Waals surface area (Å²) in [4.78, 5) is 11.9. The van der Waals surface area contributed by atoms with Gasteiger partial charge in [0.25, 0.3) is 0 Å². The Hall–Kier alpha value is -1.50. The second-order valence-electron chi connectivity index (χ2n) is 4.81. The van der Waals surface area contributed by atoms with Crippen molar-refractivity contribution in [3.8, 4) is 0 Å². The number of hydrogen-bond donors (Lipinski definition) is 3. The van der Waals surface area contributed by atoms with Gasteiger partial charge in [-0.25, -0.2) is 0 Å². The van der Waals surface area contributed by atoms with Crippen LogP contribution in [-0.4, -0.2) is 32.6 Å². The van der Waals surface area contributed by atoms with Crippen LogP contribution in [0.4, 0.5) is 0 Å². The number of H-pyrrole nitrogens is 1. The fourth-order valence-corrected chi connectivity index (χ4v) is 1.65. The number of aromatic amines is 1. The van der Waals surface area contributed by atoms with E-state index >= 15 is 0 Å². The van der Waals surface area contributed by atoms with Crippen LogP contribution in [-0.2, 0) is 4.79 Å². The maximum atomic E-state index is 11.9. The van der Waals surface area contributed by atoms with Crippen molar-refractivity contribution in [3.05, 3.63) is 5.82 Å². The average Bonchev–Trinajstić information content (AvgIpc) is 2.81. The molecule has 0 saturated carbocycles. The molecule has 1 amide bonds. The number of nitrogens with one attached hydrogen (secondary N) is 2. The van der Waals surface area contributed by atoms with E-state index in [-0.39, 0.29) is 23.9 Å². The summed E-state index contributed by atoms with van der Waals surface area (Å²) < 4.78 is 0. The summed E-state index contributed by atoms with van der Waals surface area (Å²) in [5.74, 6) is 0.473. The zero-order chi connectivity index (χ0) is 13.5. The third-order valence-corrected chi connectivity index (χ3v) is 2.85. The second kappa shape index (κ2) is 7.05. The van der Waals surface area contributed by atoms with Gasteiger partial charge in [-0.05, 0) is 26.7 Å². The lowest BCUT2D eigenvalue weighted by atomic mass is 10.0. The summed E-state index contributed by atoms with van der Waals surface area (Å²) >= 11 is 0. The number of tetrazole rings is 1. The van der Waals surface area contributed by atoms with Crippen LogP contribution in [0, 0.1) is 5.92 Å². The van der Waals surface area contributed by atoms with E-state index < -0.39 is 0 Å². The normalized spacial score (nSPS) is 16.0. The highest BCUT2D eigenvalue weighted by atomic mass is 16.1. The molecule has 102 valence electrons. The maximum Gasteiger partial charge on any atom is 0.223 e. The summed E-state index contributed by atoms with van der Waals surface area (Å²) in [5.41, 5.74) is 5.67. The Bertz CT molecular complexity index is 350. The van der Waals surface area contributed by atoms with Gasteiger partial charge in [-0.15, -0.1) is 10.2 Å². The topological polar surface area (TPSA) is 110 Å². The molecule has 3 atom stereocenters. The van der Waals surface area contributed by atoms with E-state index in [0.29, 0.717) is 5.82 Å². The second-order valence-corrected chi connectivity index (χ2v) is 4.81. The standard InChI is InChI=1S/C11H22N6O/c1-7(5-4-6-8(2)12)11(18)13-9(3)10-14-16-17-15-10/h7-9H,4-6,12H2,1-3H3,(H,13,18)(H,14,15,16,17). The van der Waals surface area contributed by atoms with Crippen molar-refractivity contribution >= 4 is 5.91 Å². The Morgan fingerprint density at radius 3 is 2.67 bits per heavy atom. The van der Waals surface area contributed by atoms with E-state index in [2.05, 4.69) is 25.9 Å². The highest BCUT2D eigenvalue weighted by Crippen LogP contribution is 2.11. The number of nitrogens with two attached hydrogens (primary N) is 1. The van der Waals surface area contributed by atoms with Crippen molar-refractivity contribution in [2.75, 3.05) is 0 Å². The third-order valence-electron chi connectivity index (χ3n) is 2.85. The van der Waals surface area contributed by atoms with E-state index in [9.17, 15) is 4.79 Å². The molecule has 0 aliphatic heterocycles. The van der Waals surface area contributed by atoms with Gasteiger partial charge >= 0.3 is 0 Å². The predicted octanol–water partition coefficient (Wildman–Crippen LogP) is 0.531. The van der Waals surface area contributed by atoms with Crippen molar-refractivity contribution in [2.24, 2.45) is 11.7 Å². The average molecular weight is 254 g/mol. The van der Waals surface area contributed by atoms with Gasteiger partial charge in [-0.2, -0.15) is 5.21 Å². The molecular formula is C11H22N6O. The number of nitrogens with zero attached hydrogens (tertiary/aromatic N) is 3. The van der Waals surface area contributed by atoms with Gasteiger partial charge in [0.05, 0.1) is 6.04 Å². The Morgan fingerprint density at radius 1 is 1.39 bits per heavy atom. The first-order valence-electron chi connectivity index (χ1n) is 6.30. The van der Waals surface area contributed by atoms with Crippen LogP contribution in [0.15, 0.2) is 0 Å². The zero-order valence-electron chi connectivity index (χ0n) is 11.2. The highest BCUT2D eigenvalue weighted by molar-refractivity contribution is 5.78. The Labute approximate surface area is 107 Å². The minimum absolute atomic E-state index is 0.0111. The fraction of sp³-hybridized carbons (Fsp3) is 0.818. The monoisotopic (exact) mass is 254 g/mol. The molecule has 0 bridgehead atoms. The number of carbonyl (C=O) groups is 1. The molecule has 0 aliphatic carbocycles. The van der Waals surface area contributed by atoms with Crippen LogP contribution in [0.2, 0.25) is 0 Å². The molecule has 0 spiro atoms. The molecule has 4 N–H and O–H groups in total. The van der Waals surface area contributed by atoms with Gasteiger partial charge in [-0.3, -0.25) is 4.79 Å². The van der Waals surface area contributed by atoms with Crippen molar-refractivity contribution in [2.45, 2.75) is 52.1 Å². The SMILES string of the molecule is CC(N)CCCC(C)C(=O)NC(C)c1nn[nH]n1. The lowest BCUT2D eigenvalue weighted by molar-refractivity contribution is -0.125. The summed E-state index contributed by atoms with van der Waals surface area (Å²) in [5, 5.41) is 16.4. The molecule has 0 fully saturated rings. The number of rotatable bonds is 7. The number of carbonyl (C=O) groups excluding carboxylic acids is 1. The maximum absolute atomic E-state index is 11.9. The Morgan fingerprint density at radius 2 is 2.11 bits per heavy atom. The first kappa shape index (κ1) is 14.6. The van der Waals surface area contributed by atoms with E-state index in [1.54, 1.807) is 0 Å². The van der Waals surface area contributed by atoms with Gasteiger partial charge in [0.15, 0.2) is 5.82 Å².